The molecule has 1 heterocycles. The lowest BCUT2D eigenvalue weighted by Gasteiger charge is -2.13. The summed E-state index contributed by atoms with van der Waals surface area (Å²) in [4.78, 5) is 12.3. The Labute approximate surface area is 194 Å². The molecule has 1 saturated heterocycles. The highest BCUT2D eigenvalue weighted by atomic mass is 16.5. The van der Waals surface area contributed by atoms with Crippen molar-refractivity contribution in [2.24, 2.45) is 0 Å². The minimum absolute atomic E-state index is 0.126. The quantitative estimate of drug-likeness (QED) is 0.438. The van der Waals surface area contributed by atoms with Crippen LogP contribution in [-0.2, 0) is 16.0 Å². The highest BCUT2D eigenvalue weighted by molar-refractivity contribution is 5.93. The first-order chi connectivity index (χ1) is 16.2. The Hall–Kier alpha value is -3.51. The SMILES string of the molecule is O=C(CNc1cccc(OCC2CCCO2)c1)Nc1ccc(OCCc2ccccc2)cc1. The second-order valence-electron chi connectivity index (χ2n) is 7.98. The zero-order valence-corrected chi connectivity index (χ0v) is 18.7. The predicted octanol–water partition coefficient (Wildman–Crippen LogP) is 4.92. The van der Waals surface area contributed by atoms with Crippen molar-refractivity contribution in [1.29, 1.82) is 0 Å². The molecule has 0 radical (unpaired) electrons. The van der Waals surface area contributed by atoms with E-state index in [4.69, 9.17) is 14.2 Å². The minimum Gasteiger partial charge on any atom is -0.493 e. The van der Waals surface area contributed by atoms with Crippen LogP contribution in [0, 0.1) is 0 Å². The summed E-state index contributed by atoms with van der Waals surface area (Å²) in [6, 6.07) is 25.3. The fraction of sp³-hybridized carbons (Fsp3) is 0.296. The van der Waals surface area contributed by atoms with Crippen molar-refractivity contribution in [3.05, 3.63) is 84.4 Å². The first kappa shape index (κ1) is 22.7. The molecule has 0 aromatic heterocycles. The third kappa shape index (κ3) is 7.54. The van der Waals surface area contributed by atoms with Crippen LogP contribution in [0.1, 0.15) is 18.4 Å². The lowest BCUT2D eigenvalue weighted by Crippen LogP contribution is -2.21. The molecular weight excluding hydrogens is 416 g/mol. The van der Waals surface area contributed by atoms with E-state index >= 15 is 0 Å². The highest BCUT2D eigenvalue weighted by Gasteiger charge is 2.16. The van der Waals surface area contributed by atoms with E-state index in [9.17, 15) is 4.79 Å². The van der Waals surface area contributed by atoms with Crippen LogP contribution in [0.2, 0.25) is 0 Å². The molecule has 4 rings (SSSR count). The first-order valence-electron chi connectivity index (χ1n) is 11.4. The summed E-state index contributed by atoms with van der Waals surface area (Å²) in [5.41, 5.74) is 2.80. The van der Waals surface area contributed by atoms with Crippen LogP contribution in [0.4, 0.5) is 11.4 Å². The number of ether oxygens (including phenoxy) is 3. The number of carbonyl (C=O) groups is 1. The van der Waals surface area contributed by atoms with E-state index in [0.29, 0.717) is 13.2 Å². The van der Waals surface area contributed by atoms with Gasteiger partial charge in [0.15, 0.2) is 0 Å². The fourth-order valence-corrected chi connectivity index (χ4v) is 3.61. The summed E-state index contributed by atoms with van der Waals surface area (Å²) < 4.78 is 17.2. The van der Waals surface area contributed by atoms with Gasteiger partial charge in [0.05, 0.1) is 19.3 Å². The van der Waals surface area contributed by atoms with E-state index in [1.54, 1.807) is 0 Å². The average Bonchev–Trinajstić information content (AvgIpc) is 3.37. The molecule has 3 aromatic rings. The molecule has 1 aliphatic heterocycles. The Balaban J connectivity index is 1.17. The van der Waals surface area contributed by atoms with E-state index in [0.717, 1.165) is 48.7 Å². The first-order valence-corrected chi connectivity index (χ1v) is 11.4. The van der Waals surface area contributed by atoms with Gasteiger partial charge in [-0.1, -0.05) is 36.4 Å². The topological polar surface area (TPSA) is 68.8 Å². The number of hydrogen-bond acceptors (Lipinski definition) is 5. The zero-order valence-electron chi connectivity index (χ0n) is 18.7. The third-order valence-corrected chi connectivity index (χ3v) is 5.39. The van der Waals surface area contributed by atoms with Crippen LogP contribution < -0.4 is 20.1 Å². The summed E-state index contributed by atoms with van der Waals surface area (Å²) >= 11 is 0. The molecule has 33 heavy (non-hydrogen) atoms. The average molecular weight is 447 g/mol. The Kier molecular flexibility index (Phi) is 8.19. The smallest absolute Gasteiger partial charge is 0.243 e. The van der Waals surface area contributed by atoms with Crippen molar-refractivity contribution in [3.8, 4) is 11.5 Å². The van der Waals surface area contributed by atoms with Gasteiger partial charge in [0.1, 0.15) is 18.1 Å². The molecule has 1 unspecified atom stereocenters. The number of hydrogen-bond donors (Lipinski definition) is 2. The van der Waals surface area contributed by atoms with Crippen molar-refractivity contribution >= 4 is 17.3 Å². The molecule has 172 valence electrons. The molecule has 0 aliphatic carbocycles. The van der Waals surface area contributed by atoms with Gasteiger partial charge in [0, 0.05) is 30.5 Å². The van der Waals surface area contributed by atoms with Crippen LogP contribution in [-0.4, -0.2) is 38.4 Å². The molecular formula is C27H30N2O4. The lowest BCUT2D eigenvalue weighted by atomic mass is 10.2. The van der Waals surface area contributed by atoms with Crippen molar-refractivity contribution < 1.29 is 19.0 Å². The molecule has 0 spiro atoms. The number of rotatable bonds is 11. The maximum Gasteiger partial charge on any atom is 0.243 e. The molecule has 1 amide bonds. The van der Waals surface area contributed by atoms with Crippen molar-refractivity contribution in [1.82, 2.24) is 0 Å². The largest absolute Gasteiger partial charge is 0.493 e. The maximum atomic E-state index is 12.3. The van der Waals surface area contributed by atoms with E-state index in [1.807, 2.05) is 66.7 Å². The summed E-state index contributed by atoms with van der Waals surface area (Å²) in [7, 11) is 0. The molecule has 2 N–H and O–H groups in total. The number of nitrogens with one attached hydrogen (secondary N) is 2. The molecule has 0 saturated carbocycles. The summed E-state index contributed by atoms with van der Waals surface area (Å²) in [6.07, 6.45) is 3.16. The van der Waals surface area contributed by atoms with Crippen LogP contribution >= 0.6 is 0 Å². The summed E-state index contributed by atoms with van der Waals surface area (Å²) in [5.74, 6) is 1.42. The van der Waals surface area contributed by atoms with E-state index in [-0.39, 0.29) is 18.6 Å². The molecule has 1 fully saturated rings. The molecule has 1 aliphatic rings. The van der Waals surface area contributed by atoms with Crippen LogP contribution in [0.3, 0.4) is 0 Å². The summed E-state index contributed by atoms with van der Waals surface area (Å²) in [5, 5.41) is 6.03. The van der Waals surface area contributed by atoms with Gasteiger partial charge in [-0.2, -0.15) is 0 Å². The fourth-order valence-electron chi connectivity index (χ4n) is 3.61. The molecule has 6 heteroatoms. The van der Waals surface area contributed by atoms with Crippen molar-refractivity contribution in [3.63, 3.8) is 0 Å². The third-order valence-electron chi connectivity index (χ3n) is 5.39. The van der Waals surface area contributed by atoms with Gasteiger partial charge in [0.25, 0.3) is 0 Å². The van der Waals surface area contributed by atoms with Crippen molar-refractivity contribution in [2.75, 3.05) is 37.0 Å². The normalized spacial score (nSPS) is 15.1. The van der Waals surface area contributed by atoms with Crippen LogP contribution in [0.5, 0.6) is 11.5 Å². The second kappa shape index (κ2) is 11.9. The second-order valence-corrected chi connectivity index (χ2v) is 7.98. The molecule has 3 aromatic carbocycles. The Morgan fingerprint density at radius 3 is 2.55 bits per heavy atom. The van der Waals surface area contributed by atoms with Gasteiger partial charge in [-0.15, -0.1) is 0 Å². The van der Waals surface area contributed by atoms with Gasteiger partial charge in [-0.25, -0.2) is 0 Å². The van der Waals surface area contributed by atoms with Crippen LogP contribution in [0.25, 0.3) is 0 Å². The number of benzene rings is 3. The Morgan fingerprint density at radius 1 is 0.909 bits per heavy atom. The molecule has 6 nitrogen and oxygen atoms in total. The van der Waals surface area contributed by atoms with Gasteiger partial charge in [-0.3, -0.25) is 4.79 Å². The standard InChI is InChI=1S/C27H30N2O4/c30-27(19-28-23-8-4-9-25(18-23)33-20-26-10-5-16-31-26)29-22-11-13-24(14-12-22)32-17-15-21-6-2-1-3-7-21/h1-4,6-9,11-14,18,26,28H,5,10,15-17,19-20H2,(H,29,30). The van der Waals surface area contributed by atoms with Gasteiger partial charge >= 0.3 is 0 Å². The van der Waals surface area contributed by atoms with Gasteiger partial charge in [-0.05, 0) is 54.8 Å². The molecule has 1 atom stereocenters. The highest BCUT2D eigenvalue weighted by Crippen LogP contribution is 2.20. The predicted molar refractivity (Wildman–Crippen MR) is 130 cm³/mol. The van der Waals surface area contributed by atoms with E-state index in [1.165, 1.54) is 5.56 Å². The summed E-state index contributed by atoms with van der Waals surface area (Å²) in [6.45, 7) is 2.13. The number of carbonyl (C=O) groups excluding carboxylic acids is 1. The van der Waals surface area contributed by atoms with E-state index in [2.05, 4.69) is 22.8 Å². The minimum atomic E-state index is -0.126. The molecule has 0 bridgehead atoms. The maximum absolute atomic E-state index is 12.3. The van der Waals surface area contributed by atoms with Crippen LogP contribution in [0.15, 0.2) is 78.9 Å². The van der Waals surface area contributed by atoms with Gasteiger partial charge in [0.2, 0.25) is 5.91 Å². The number of anilines is 2. The lowest BCUT2D eigenvalue weighted by molar-refractivity contribution is -0.114. The van der Waals surface area contributed by atoms with E-state index < -0.39 is 0 Å². The zero-order chi connectivity index (χ0) is 22.7. The van der Waals surface area contributed by atoms with Gasteiger partial charge < -0.3 is 24.8 Å². The Bertz CT molecular complexity index is 1000. The monoisotopic (exact) mass is 446 g/mol. The van der Waals surface area contributed by atoms with Crippen molar-refractivity contribution in [2.45, 2.75) is 25.4 Å². The number of amides is 1. The Morgan fingerprint density at radius 2 is 1.76 bits per heavy atom.